The Morgan fingerprint density at radius 1 is 1.16 bits per heavy atom. The van der Waals surface area contributed by atoms with E-state index < -0.39 is 5.60 Å². The van der Waals surface area contributed by atoms with Crippen molar-refractivity contribution in [3.63, 3.8) is 0 Å². The summed E-state index contributed by atoms with van der Waals surface area (Å²) >= 11 is 0. The zero-order valence-electron chi connectivity index (χ0n) is 13.9. The first-order chi connectivity index (χ1) is 8.47. The molecule has 114 valence electrons. The molecule has 0 aliphatic heterocycles. The van der Waals surface area contributed by atoms with Gasteiger partial charge in [-0.15, -0.1) is 0 Å². The fourth-order valence-electron chi connectivity index (χ4n) is 1.59. The summed E-state index contributed by atoms with van der Waals surface area (Å²) in [4.78, 5) is 11.7. The zero-order valence-corrected chi connectivity index (χ0v) is 13.9. The van der Waals surface area contributed by atoms with Crippen molar-refractivity contribution in [3.05, 3.63) is 0 Å². The van der Waals surface area contributed by atoms with E-state index in [1.54, 1.807) is 0 Å². The van der Waals surface area contributed by atoms with Crippen LogP contribution in [0.2, 0.25) is 0 Å². The summed E-state index contributed by atoms with van der Waals surface area (Å²) in [5.74, 6) is 0.623. The quantitative estimate of drug-likeness (QED) is 0.780. The van der Waals surface area contributed by atoms with Crippen LogP contribution in [-0.4, -0.2) is 29.8 Å². The molecule has 19 heavy (non-hydrogen) atoms. The van der Waals surface area contributed by atoms with Gasteiger partial charge in [-0.05, 0) is 47.5 Å². The first kappa shape index (κ1) is 18.2. The second-order valence-corrected chi connectivity index (χ2v) is 7.07. The summed E-state index contributed by atoms with van der Waals surface area (Å²) in [5, 5.41) is 6.37. The van der Waals surface area contributed by atoms with Gasteiger partial charge in [0.05, 0.1) is 5.54 Å². The van der Waals surface area contributed by atoms with E-state index in [9.17, 15) is 4.79 Å². The summed E-state index contributed by atoms with van der Waals surface area (Å²) in [6, 6.07) is 0.435. The van der Waals surface area contributed by atoms with Crippen molar-refractivity contribution in [1.29, 1.82) is 0 Å². The molecule has 0 fully saturated rings. The molecule has 0 aromatic carbocycles. The van der Waals surface area contributed by atoms with Crippen LogP contribution in [0, 0.1) is 5.92 Å². The summed E-state index contributed by atoms with van der Waals surface area (Å²) in [7, 11) is 0. The van der Waals surface area contributed by atoms with Gasteiger partial charge in [-0.25, -0.2) is 4.79 Å². The molecule has 0 radical (unpaired) electrons. The fraction of sp³-hybridized carbons (Fsp3) is 0.933. The number of amides is 1. The molecule has 4 nitrogen and oxygen atoms in total. The third kappa shape index (κ3) is 8.87. The van der Waals surface area contributed by atoms with Gasteiger partial charge in [-0.1, -0.05) is 20.3 Å². The number of hydrogen-bond donors (Lipinski definition) is 2. The van der Waals surface area contributed by atoms with E-state index in [1.807, 2.05) is 34.6 Å². The Labute approximate surface area is 118 Å². The lowest BCUT2D eigenvalue weighted by Crippen LogP contribution is -2.53. The Morgan fingerprint density at radius 3 is 2.11 bits per heavy atom. The number of rotatable bonds is 6. The van der Waals surface area contributed by atoms with E-state index in [0.29, 0.717) is 12.0 Å². The molecule has 0 spiro atoms. The second kappa shape index (κ2) is 7.13. The molecule has 2 atom stereocenters. The van der Waals surface area contributed by atoms with Crippen LogP contribution in [0.5, 0.6) is 0 Å². The predicted octanol–water partition coefficient (Wildman–Crippen LogP) is 3.31. The van der Waals surface area contributed by atoms with Crippen LogP contribution >= 0.6 is 0 Å². The van der Waals surface area contributed by atoms with Gasteiger partial charge in [0.2, 0.25) is 0 Å². The maximum Gasteiger partial charge on any atom is 0.408 e. The van der Waals surface area contributed by atoms with Crippen LogP contribution in [0.4, 0.5) is 4.79 Å². The normalized spacial score (nSPS) is 15.8. The number of nitrogens with one attached hydrogen (secondary N) is 2. The van der Waals surface area contributed by atoms with Crippen LogP contribution in [0.25, 0.3) is 0 Å². The van der Waals surface area contributed by atoms with Crippen LogP contribution in [0.3, 0.4) is 0 Å². The Hall–Kier alpha value is -0.770. The van der Waals surface area contributed by atoms with E-state index in [2.05, 4.69) is 31.4 Å². The lowest BCUT2D eigenvalue weighted by atomic mass is 9.99. The minimum absolute atomic E-state index is 0.329. The second-order valence-electron chi connectivity index (χ2n) is 7.07. The summed E-state index contributed by atoms with van der Waals surface area (Å²) < 4.78 is 5.27. The highest BCUT2D eigenvalue weighted by atomic mass is 16.6. The predicted molar refractivity (Wildman–Crippen MR) is 80.4 cm³/mol. The highest BCUT2D eigenvalue weighted by Gasteiger charge is 2.25. The smallest absolute Gasteiger partial charge is 0.408 e. The lowest BCUT2D eigenvalue weighted by molar-refractivity contribution is 0.0470. The third-order valence-electron chi connectivity index (χ3n) is 3.20. The molecule has 2 N–H and O–H groups in total. The molecular formula is C15H32N2O2. The number of ether oxygens (including phenoxy) is 1. The highest BCUT2D eigenvalue weighted by Crippen LogP contribution is 2.11. The average molecular weight is 272 g/mol. The minimum Gasteiger partial charge on any atom is -0.444 e. The van der Waals surface area contributed by atoms with E-state index in [-0.39, 0.29) is 11.6 Å². The van der Waals surface area contributed by atoms with Crippen LogP contribution in [-0.2, 0) is 4.74 Å². The van der Waals surface area contributed by atoms with Crippen LogP contribution in [0.15, 0.2) is 0 Å². The summed E-state index contributed by atoms with van der Waals surface area (Å²) in [6.45, 7) is 16.9. The minimum atomic E-state index is -0.461. The standard InChI is InChI=1S/C15H32N2O2/c1-9-11(2)12(3)16-10-15(7,8)17-13(18)19-14(4,5)6/h11-12,16H,9-10H2,1-8H3,(H,17,18). The topological polar surface area (TPSA) is 50.4 Å². The maximum absolute atomic E-state index is 11.7. The van der Waals surface area contributed by atoms with E-state index in [4.69, 9.17) is 4.74 Å². The van der Waals surface area contributed by atoms with Crippen LogP contribution < -0.4 is 10.6 Å². The Morgan fingerprint density at radius 2 is 1.68 bits per heavy atom. The van der Waals surface area contributed by atoms with Gasteiger partial charge in [0.25, 0.3) is 0 Å². The van der Waals surface area contributed by atoms with Crippen molar-refractivity contribution in [1.82, 2.24) is 10.6 Å². The molecule has 0 saturated heterocycles. The molecule has 0 saturated carbocycles. The molecule has 0 aromatic rings. The molecule has 0 heterocycles. The van der Waals surface area contributed by atoms with E-state index in [0.717, 1.165) is 13.0 Å². The van der Waals surface area contributed by atoms with E-state index >= 15 is 0 Å². The molecule has 0 aromatic heterocycles. The Balaban J connectivity index is 4.21. The monoisotopic (exact) mass is 272 g/mol. The highest BCUT2D eigenvalue weighted by molar-refractivity contribution is 5.68. The molecule has 4 heteroatoms. The van der Waals surface area contributed by atoms with Gasteiger partial charge in [0.1, 0.15) is 5.60 Å². The molecule has 1 amide bonds. The average Bonchev–Trinajstić information content (AvgIpc) is 2.21. The van der Waals surface area contributed by atoms with Gasteiger partial charge >= 0.3 is 6.09 Å². The Bertz CT molecular complexity index is 282. The lowest BCUT2D eigenvalue weighted by Gasteiger charge is -2.31. The van der Waals surface area contributed by atoms with Crippen molar-refractivity contribution < 1.29 is 9.53 Å². The summed E-state index contributed by atoms with van der Waals surface area (Å²) in [5.41, 5.74) is -0.790. The SMILES string of the molecule is CCC(C)C(C)NCC(C)(C)NC(=O)OC(C)(C)C. The number of alkyl carbamates (subject to hydrolysis) is 1. The fourth-order valence-corrected chi connectivity index (χ4v) is 1.59. The molecule has 0 rings (SSSR count). The third-order valence-corrected chi connectivity index (χ3v) is 3.20. The van der Waals surface area contributed by atoms with Crippen molar-refractivity contribution >= 4 is 6.09 Å². The van der Waals surface area contributed by atoms with Gasteiger partial charge in [0, 0.05) is 12.6 Å². The van der Waals surface area contributed by atoms with Crippen molar-refractivity contribution in [2.24, 2.45) is 5.92 Å². The van der Waals surface area contributed by atoms with Gasteiger partial charge in [-0.3, -0.25) is 0 Å². The summed E-state index contributed by atoms with van der Waals surface area (Å²) in [6.07, 6.45) is 0.782. The first-order valence-electron chi connectivity index (χ1n) is 7.21. The maximum atomic E-state index is 11.7. The van der Waals surface area contributed by atoms with Gasteiger partial charge < -0.3 is 15.4 Å². The van der Waals surface area contributed by atoms with Crippen LogP contribution in [0.1, 0.15) is 61.8 Å². The number of hydrogen-bond acceptors (Lipinski definition) is 3. The number of carbonyl (C=O) groups excluding carboxylic acids is 1. The number of carbonyl (C=O) groups is 1. The molecular weight excluding hydrogens is 240 g/mol. The molecule has 2 unspecified atom stereocenters. The molecule has 0 aliphatic carbocycles. The Kier molecular flexibility index (Phi) is 6.84. The molecule has 0 aliphatic rings. The van der Waals surface area contributed by atoms with Gasteiger partial charge in [-0.2, -0.15) is 0 Å². The van der Waals surface area contributed by atoms with Crippen molar-refractivity contribution in [2.75, 3.05) is 6.54 Å². The zero-order chi connectivity index (χ0) is 15.3. The van der Waals surface area contributed by atoms with E-state index in [1.165, 1.54) is 0 Å². The first-order valence-corrected chi connectivity index (χ1v) is 7.21. The largest absolute Gasteiger partial charge is 0.444 e. The van der Waals surface area contributed by atoms with Gasteiger partial charge in [0.15, 0.2) is 0 Å². The van der Waals surface area contributed by atoms with Crippen molar-refractivity contribution in [2.45, 2.75) is 79.0 Å². The van der Waals surface area contributed by atoms with Crippen molar-refractivity contribution in [3.8, 4) is 0 Å². The molecule has 0 bridgehead atoms.